The van der Waals surface area contributed by atoms with E-state index in [9.17, 15) is 0 Å². The number of aryl methyl sites for hydroxylation is 1. The number of nitrogens with one attached hydrogen (secondary N) is 1. The standard InChI is InChI=1S/C18H22ClN3O2S/c19-15-7-13-9-23-11-24-17(13)14(8-15)10-25-18-20-16(21-22-18)6-5-12-3-1-2-4-12/h7-8,12H,1-6,9-11H2,(H,20,21,22). The van der Waals surface area contributed by atoms with Crippen molar-refractivity contribution in [3.05, 3.63) is 34.1 Å². The third kappa shape index (κ3) is 4.30. The van der Waals surface area contributed by atoms with Crippen molar-refractivity contribution in [1.29, 1.82) is 0 Å². The van der Waals surface area contributed by atoms with Crippen molar-refractivity contribution in [1.82, 2.24) is 15.2 Å². The van der Waals surface area contributed by atoms with Gasteiger partial charge < -0.3 is 9.47 Å². The Kier molecular flexibility index (Phi) is 5.48. The molecule has 0 radical (unpaired) electrons. The zero-order chi connectivity index (χ0) is 17.1. The van der Waals surface area contributed by atoms with Gasteiger partial charge in [0.05, 0.1) is 6.61 Å². The van der Waals surface area contributed by atoms with Crippen molar-refractivity contribution in [3.8, 4) is 5.75 Å². The van der Waals surface area contributed by atoms with Crippen molar-refractivity contribution in [2.45, 2.75) is 56.0 Å². The summed E-state index contributed by atoms with van der Waals surface area (Å²) in [4.78, 5) is 4.62. The number of halogens is 1. The number of rotatable bonds is 6. The predicted octanol–water partition coefficient (Wildman–Crippen LogP) is 4.74. The number of nitrogens with zero attached hydrogens (tertiary/aromatic N) is 2. The van der Waals surface area contributed by atoms with Crippen LogP contribution in [0.3, 0.4) is 0 Å². The van der Waals surface area contributed by atoms with E-state index in [1.165, 1.54) is 32.1 Å². The molecular weight excluding hydrogens is 358 g/mol. The van der Waals surface area contributed by atoms with Crippen LogP contribution in [0.5, 0.6) is 5.75 Å². The Morgan fingerprint density at radius 2 is 2.16 bits per heavy atom. The summed E-state index contributed by atoms with van der Waals surface area (Å²) in [5.41, 5.74) is 2.06. The van der Waals surface area contributed by atoms with Crippen molar-refractivity contribution >= 4 is 23.4 Å². The Labute approximate surface area is 156 Å². The van der Waals surface area contributed by atoms with Gasteiger partial charge in [-0.3, -0.25) is 5.10 Å². The molecule has 25 heavy (non-hydrogen) atoms. The zero-order valence-corrected chi connectivity index (χ0v) is 15.7. The van der Waals surface area contributed by atoms with E-state index in [-0.39, 0.29) is 6.79 Å². The van der Waals surface area contributed by atoms with Gasteiger partial charge in [-0.15, -0.1) is 5.10 Å². The van der Waals surface area contributed by atoms with E-state index in [0.717, 1.165) is 45.9 Å². The third-order valence-corrected chi connectivity index (χ3v) is 6.00. The van der Waals surface area contributed by atoms with E-state index >= 15 is 0 Å². The number of aromatic amines is 1. The monoisotopic (exact) mass is 379 g/mol. The van der Waals surface area contributed by atoms with Gasteiger partial charge in [0.1, 0.15) is 11.6 Å². The molecule has 0 spiro atoms. The highest BCUT2D eigenvalue weighted by atomic mass is 35.5. The summed E-state index contributed by atoms with van der Waals surface area (Å²) in [6.07, 6.45) is 7.73. The largest absolute Gasteiger partial charge is 0.467 e. The van der Waals surface area contributed by atoms with Gasteiger partial charge >= 0.3 is 0 Å². The van der Waals surface area contributed by atoms with Crippen LogP contribution in [0.25, 0.3) is 0 Å². The topological polar surface area (TPSA) is 60.0 Å². The highest BCUT2D eigenvalue weighted by molar-refractivity contribution is 7.98. The van der Waals surface area contributed by atoms with Crippen LogP contribution in [0.1, 0.15) is 49.1 Å². The lowest BCUT2D eigenvalue weighted by atomic mass is 10.0. The summed E-state index contributed by atoms with van der Waals surface area (Å²) < 4.78 is 11.0. The van der Waals surface area contributed by atoms with Crippen LogP contribution in [0, 0.1) is 5.92 Å². The molecule has 0 atom stereocenters. The summed E-state index contributed by atoms with van der Waals surface area (Å²) in [7, 11) is 0. The van der Waals surface area contributed by atoms with Crippen LogP contribution < -0.4 is 4.74 Å². The van der Waals surface area contributed by atoms with Gasteiger partial charge in [0.25, 0.3) is 0 Å². The van der Waals surface area contributed by atoms with Crippen molar-refractivity contribution in [3.63, 3.8) is 0 Å². The van der Waals surface area contributed by atoms with Gasteiger partial charge in [-0.1, -0.05) is 49.0 Å². The van der Waals surface area contributed by atoms with Gasteiger partial charge in [-0.05, 0) is 24.5 Å². The van der Waals surface area contributed by atoms with Crippen LogP contribution >= 0.6 is 23.4 Å². The maximum atomic E-state index is 6.21. The molecule has 1 fully saturated rings. The fraction of sp³-hybridized carbons (Fsp3) is 0.556. The zero-order valence-electron chi connectivity index (χ0n) is 14.1. The van der Waals surface area contributed by atoms with E-state index in [1.807, 2.05) is 12.1 Å². The number of ether oxygens (including phenoxy) is 2. The minimum Gasteiger partial charge on any atom is -0.467 e. The molecule has 134 valence electrons. The smallest absolute Gasteiger partial charge is 0.208 e. The first-order chi connectivity index (χ1) is 12.3. The van der Waals surface area contributed by atoms with Gasteiger partial charge in [0, 0.05) is 28.3 Å². The fourth-order valence-corrected chi connectivity index (χ4v) is 4.65. The number of fused-ring (bicyclic) bond motifs is 1. The predicted molar refractivity (Wildman–Crippen MR) is 98.0 cm³/mol. The Bertz CT molecular complexity index is 731. The van der Waals surface area contributed by atoms with Crippen LogP contribution in [0.15, 0.2) is 17.3 Å². The molecule has 7 heteroatoms. The van der Waals surface area contributed by atoms with Crippen molar-refractivity contribution < 1.29 is 9.47 Å². The molecule has 2 heterocycles. The summed E-state index contributed by atoms with van der Waals surface area (Å²) in [6.45, 7) is 0.831. The number of thioether (sulfide) groups is 1. The summed E-state index contributed by atoms with van der Waals surface area (Å²) in [5.74, 6) is 3.48. The second-order valence-electron chi connectivity index (χ2n) is 6.71. The van der Waals surface area contributed by atoms with E-state index in [1.54, 1.807) is 11.8 Å². The van der Waals surface area contributed by atoms with Crippen molar-refractivity contribution in [2.75, 3.05) is 6.79 Å². The maximum absolute atomic E-state index is 6.21. The molecule has 0 unspecified atom stereocenters. The SMILES string of the molecule is Clc1cc2c(c(CSc3n[nH]c(CCC4CCCC4)n3)c1)OCOC2. The second kappa shape index (κ2) is 7.98. The highest BCUT2D eigenvalue weighted by Crippen LogP contribution is 2.35. The Morgan fingerprint density at radius 3 is 3.04 bits per heavy atom. The summed E-state index contributed by atoms with van der Waals surface area (Å²) >= 11 is 7.81. The number of hydrogen-bond donors (Lipinski definition) is 1. The molecule has 4 rings (SSSR count). The third-order valence-electron chi connectivity index (χ3n) is 4.88. The molecule has 0 saturated heterocycles. The molecule has 2 aliphatic rings. The van der Waals surface area contributed by atoms with Crippen molar-refractivity contribution in [2.24, 2.45) is 5.92 Å². The van der Waals surface area contributed by atoms with E-state index < -0.39 is 0 Å². The molecule has 1 aliphatic carbocycles. The van der Waals surface area contributed by atoms with Gasteiger partial charge in [-0.25, -0.2) is 4.98 Å². The van der Waals surface area contributed by atoms with E-state index in [2.05, 4.69) is 15.2 Å². The first-order valence-corrected chi connectivity index (χ1v) is 10.2. The van der Waals surface area contributed by atoms with Crippen LogP contribution in [0.4, 0.5) is 0 Å². The maximum Gasteiger partial charge on any atom is 0.208 e. The lowest BCUT2D eigenvalue weighted by Crippen LogP contribution is -2.12. The Hall–Kier alpha value is -1.24. The van der Waals surface area contributed by atoms with Crippen LogP contribution in [-0.2, 0) is 23.5 Å². The lowest BCUT2D eigenvalue weighted by Gasteiger charge is -2.20. The molecule has 1 saturated carbocycles. The molecule has 0 amide bonds. The molecule has 2 aromatic rings. The van der Waals surface area contributed by atoms with E-state index in [4.69, 9.17) is 21.1 Å². The molecule has 1 aromatic carbocycles. The van der Waals surface area contributed by atoms with Crippen LogP contribution in [0.2, 0.25) is 5.02 Å². The molecule has 1 N–H and O–H groups in total. The first-order valence-electron chi connectivity index (χ1n) is 8.84. The molecular formula is C18H22ClN3O2S. The first kappa shape index (κ1) is 17.2. The fourth-order valence-electron chi connectivity index (χ4n) is 3.60. The van der Waals surface area contributed by atoms with Gasteiger partial charge in [0.2, 0.25) is 5.16 Å². The second-order valence-corrected chi connectivity index (χ2v) is 8.09. The Morgan fingerprint density at radius 1 is 1.28 bits per heavy atom. The Balaban J connectivity index is 1.36. The molecule has 1 aromatic heterocycles. The molecule has 0 bridgehead atoms. The minimum atomic E-state index is 0.290. The minimum absolute atomic E-state index is 0.290. The number of benzene rings is 1. The summed E-state index contributed by atoms with van der Waals surface area (Å²) in [6, 6.07) is 3.85. The average molecular weight is 380 g/mol. The highest BCUT2D eigenvalue weighted by Gasteiger charge is 2.18. The van der Waals surface area contributed by atoms with Gasteiger partial charge in [0.15, 0.2) is 6.79 Å². The molecule has 5 nitrogen and oxygen atoms in total. The number of hydrogen-bond acceptors (Lipinski definition) is 5. The average Bonchev–Trinajstić information content (AvgIpc) is 3.29. The van der Waals surface area contributed by atoms with Crippen LogP contribution in [-0.4, -0.2) is 22.0 Å². The van der Waals surface area contributed by atoms with E-state index in [0.29, 0.717) is 11.6 Å². The molecule has 1 aliphatic heterocycles. The lowest BCUT2D eigenvalue weighted by molar-refractivity contribution is -0.0168. The van der Waals surface area contributed by atoms with Gasteiger partial charge in [-0.2, -0.15) is 0 Å². The number of H-pyrrole nitrogens is 1. The summed E-state index contributed by atoms with van der Waals surface area (Å²) in [5, 5.41) is 8.90. The quantitative estimate of drug-likeness (QED) is 0.734. The normalized spacial score (nSPS) is 17.5. The number of aromatic nitrogens is 3.